The van der Waals surface area contributed by atoms with E-state index in [9.17, 15) is 9.59 Å². The van der Waals surface area contributed by atoms with Gasteiger partial charge in [-0.05, 0) is 31.0 Å². The Hall–Kier alpha value is -2.39. The molecule has 0 aromatic heterocycles. The van der Waals surface area contributed by atoms with E-state index in [4.69, 9.17) is 14.2 Å². The smallest absolute Gasteiger partial charge is 0.414 e. The van der Waals surface area contributed by atoms with E-state index in [0.29, 0.717) is 37.7 Å². The number of anilines is 2. The lowest BCUT2D eigenvalue weighted by molar-refractivity contribution is -0.213. The van der Waals surface area contributed by atoms with Gasteiger partial charge in [0.2, 0.25) is 5.91 Å². The summed E-state index contributed by atoms with van der Waals surface area (Å²) in [6.07, 6.45) is 1.06. The topological polar surface area (TPSA) is 80.3 Å². The lowest BCUT2D eigenvalue weighted by atomic mass is 9.90. The SMILES string of the molecule is CC(=O)NC[C@H]1CN(c2ccc(N3CC4CCC(C3)C43OCCO3)c(F)c2)C(=O)O1. The molecule has 1 saturated carbocycles. The molecule has 4 fully saturated rings. The standard InChI is InChI=1S/C21H26FN3O5/c1-13(26)23-9-17-12-25(20(27)30-17)16-4-5-19(18(22)8-16)24-10-14-2-3-15(11-24)21(14)28-6-7-29-21/h4-5,8,14-15,17H,2-3,6-7,9-12H2,1H3,(H,23,26)/t14?,15?,17-/m0/s1. The molecule has 5 rings (SSSR count). The first-order valence-corrected chi connectivity index (χ1v) is 10.5. The molecule has 30 heavy (non-hydrogen) atoms. The van der Waals surface area contributed by atoms with Crippen LogP contribution in [0.15, 0.2) is 18.2 Å². The van der Waals surface area contributed by atoms with Crippen LogP contribution in [0.5, 0.6) is 0 Å². The number of nitrogens with one attached hydrogen (secondary N) is 1. The highest BCUT2D eigenvalue weighted by molar-refractivity contribution is 5.90. The number of nitrogens with zero attached hydrogens (tertiary/aromatic N) is 2. The van der Waals surface area contributed by atoms with Crippen LogP contribution in [-0.2, 0) is 19.0 Å². The summed E-state index contributed by atoms with van der Waals surface area (Å²) in [5.41, 5.74) is 0.983. The molecule has 2 amide bonds. The molecule has 8 nitrogen and oxygen atoms in total. The lowest BCUT2D eigenvalue weighted by Gasteiger charge is -2.44. The molecule has 4 aliphatic rings. The van der Waals surface area contributed by atoms with E-state index in [1.807, 2.05) is 0 Å². The van der Waals surface area contributed by atoms with E-state index in [1.54, 1.807) is 12.1 Å². The number of rotatable bonds is 4. The molecule has 1 spiro atoms. The highest BCUT2D eigenvalue weighted by atomic mass is 19.1. The Morgan fingerprint density at radius 1 is 1.20 bits per heavy atom. The van der Waals surface area contributed by atoms with E-state index in [2.05, 4.69) is 10.2 Å². The third-order valence-corrected chi connectivity index (χ3v) is 6.66. The van der Waals surface area contributed by atoms with Gasteiger partial charge in [0, 0.05) is 31.8 Å². The van der Waals surface area contributed by atoms with Crippen LogP contribution >= 0.6 is 0 Å². The van der Waals surface area contributed by atoms with Crippen LogP contribution in [0.1, 0.15) is 19.8 Å². The van der Waals surface area contributed by atoms with Crippen molar-refractivity contribution < 1.29 is 28.2 Å². The van der Waals surface area contributed by atoms with Crippen molar-refractivity contribution in [2.24, 2.45) is 11.8 Å². The Morgan fingerprint density at radius 2 is 1.90 bits per heavy atom. The van der Waals surface area contributed by atoms with Crippen LogP contribution in [0.4, 0.5) is 20.6 Å². The number of ether oxygens (including phenoxy) is 3. The summed E-state index contributed by atoms with van der Waals surface area (Å²) in [6, 6.07) is 4.86. The number of carbonyl (C=O) groups is 2. The van der Waals surface area contributed by atoms with Crippen molar-refractivity contribution in [2.45, 2.75) is 31.7 Å². The van der Waals surface area contributed by atoms with Crippen LogP contribution in [0.2, 0.25) is 0 Å². The van der Waals surface area contributed by atoms with Gasteiger partial charge in [-0.25, -0.2) is 9.18 Å². The molecule has 1 aliphatic carbocycles. The van der Waals surface area contributed by atoms with E-state index in [0.717, 1.165) is 12.8 Å². The third-order valence-electron chi connectivity index (χ3n) is 6.66. The summed E-state index contributed by atoms with van der Waals surface area (Å²) in [4.78, 5) is 26.7. The predicted octanol–water partition coefficient (Wildman–Crippen LogP) is 1.88. The van der Waals surface area contributed by atoms with Crippen molar-refractivity contribution in [3.05, 3.63) is 24.0 Å². The van der Waals surface area contributed by atoms with Gasteiger partial charge in [0.05, 0.1) is 37.7 Å². The number of halogens is 1. The van der Waals surface area contributed by atoms with E-state index in [1.165, 1.54) is 17.9 Å². The maximum atomic E-state index is 15.1. The molecule has 1 aromatic rings. The van der Waals surface area contributed by atoms with Crippen molar-refractivity contribution in [3.63, 3.8) is 0 Å². The number of carbonyl (C=O) groups excluding carboxylic acids is 2. The third kappa shape index (κ3) is 3.20. The Labute approximate surface area is 174 Å². The fourth-order valence-corrected chi connectivity index (χ4v) is 5.31. The van der Waals surface area contributed by atoms with E-state index >= 15 is 4.39 Å². The molecule has 2 bridgehead atoms. The van der Waals surface area contributed by atoms with Crippen molar-refractivity contribution in [2.75, 3.05) is 49.2 Å². The molecule has 3 aliphatic heterocycles. The van der Waals surface area contributed by atoms with Gasteiger partial charge in [0.1, 0.15) is 11.9 Å². The maximum absolute atomic E-state index is 15.1. The normalized spacial score (nSPS) is 29.5. The van der Waals surface area contributed by atoms with Gasteiger partial charge in [0.15, 0.2) is 5.79 Å². The molecule has 0 radical (unpaired) electrons. The molecule has 3 atom stereocenters. The van der Waals surface area contributed by atoms with Gasteiger partial charge in [0.25, 0.3) is 0 Å². The number of hydrogen-bond donors (Lipinski definition) is 1. The Kier molecular flexibility index (Phi) is 4.82. The van der Waals surface area contributed by atoms with E-state index in [-0.39, 0.29) is 36.6 Å². The highest BCUT2D eigenvalue weighted by Crippen LogP contribution is 2.51. The molecule has 162 valence electrons. The van der Waals surface area contributed by atoms with Crippen LogP contribution in [0.25, 0.3) is 0 Å². The summed E-state index contributed by atoms with van der Waals surface area (Å²) < 4.78 is 32.3. The second-order valence-corrected chi connectivity index (χ2v) is 8.48. The molecule has 2 unspecified atom stereocenters. The average molecular weight is 419 g/mol. The zero-order valence-electron chi connectivity index (χ0n) is 16.9. The number of amides is 2. The average Bonchev–Trinajstić information content (AvgIpc) is 3.38. The number of benzene rings is 1. The molecule has 9 heteroatoms. The van der Waals surface area contributed by atoms with Gasteiger partial charge < -0.3 is 24.4 Å². The maximum Gasteiger partial charge on any atom is 0.414 e. The molecular weight excluding hydrogens is 393 g/mol. The fourth-order valence-electron chi connectivity index (χ4n) is 5.31. The Morgan fingerprint density at radius 3 is 2.53 bits per heavy atom. The summed E-state index contributed by atoms with van der Waals surface area (Å²) in [5.74, 6) is -0.559. The fraction of sp³-hybridized carbons (Fsp3) is 0.619. The molecule has 1 aromatic carbocycles. The largest absolute Gasteiger partial charge is 0.442 e. The van der Waals surface area contributed by atoms with Gasteiger partial charge in [-0.3, -0.25) is 9.69 Å². The molecule has 3 saturated heterocycles. The summed E-state index contributed by atoms with van der Waals surface area (Å²) in [6.45, 7) is 4.55. The molecule has 1 N–H and O–H groups in total. The minimum Gasteiger partial charge on any atom is -0.442 e. The Balaban J connectivity index is 1.29. The predicted molar refractivity (Wildman–Crippen MR) is 106 cm³/mol. The van der Waals surface area contributed by atoms with Crippen LogP contribution < -0.4 is 15.1 Å². The second-order valence-electron chi connectivity index (χ2n) is 8.48. The monoisotopic (exact) mass is 419 g/mol. The minimum atomic E-state index is -0.536. The van der Waals surface area contributed by atoms with Crippen molar-refractivity contribution in [1.29, 1.82) is 0 Å². The first-order valence-electron chi connectivity index (χ1n) is 10.5. The number of piperidine rings is 1. The quantitative estimate of drug-likeness (QED) is 0.803. The van der Waals surface area contributed by atoms with Crippen molar-refractivity contribution in [3.8, 4) is 0 Å². The van der Waals surface area contributed by atoms with Gasteiger partial charge in [-0.2, -0.15) is 0 Å². The zero-order chi connectivity index (χ0) is 20.9. The minimum absolute atomic E-state index is 0.189. The number of hydrogen-bond acceptors (Lipinski definition) is 6. The second kappa shape index (κ2) is 7.39. The van der Waals surface area contributed by atoms with Crippen LogP contribution in [-0.4, -0.2) is 63.3 Å². The van der Waals surface area contributed by atoms with Crippen molar-refractivity contribution in [1.82, 2.24) is 5.32 Å². The van der Waals surface area contributed by atoms with Gasteiger partial charge >= 0.3 is 6.09 Å². The van der Waals surface area contributed by atoms with Gasteiger partial charge in [-0.1, -0.05) is 0 Å². The number of cyclic esters (lactones) is 1. The Bertz CT molecular complexity index is 843. The van der Waals surface area contributed by atoms with Gasteiger partial charge in [-0.15, -0.1) is 0 Å². The summed E-state index contributed by atoms with van der Waals surface area (Å²) >= 11 is 0. The first-order chi connectivity index (χ1) is 14.5. The van der Waals surface area contributed by atoms with E-state index < -0.39 is 18.0 Å². The van der Waals surface area contributed by atoms with Crippen molar-refractivity contribution >= 4 is 23.4 Å². The van der Waals surface area contributed by atoms with Crippen LogP contribution in [0.3, 0.4) is 0 Å². The summed E-state index contributed by atoms with van der Waals surface area (Å²) in [7, 11) is 0. The summed E-state index contributed by atoms with van der Waals surface area (Å²) in [5, 5.41) is 2.63. The first kappa shape index (κ1) is 19.6. The zero-order valence-corrected chi connectivity index (χ0v) is 16.9. The highest BCUT2D eigenvalue weighted by Gasteiger charge is 2.58. The molecule has 3 heterocycles. The van der Waals surface area contributed by atoms with Crippen LogP contribution in [0, 0.1) is 17.7 Å². The lowest BCUT2D eigenvalue weighted by Crippen LogP contribution is -2.54. The molecular formula is C21H26FN3O5.